The summed E-state index contributed by atoms with van der Waals surface area (Å²) in [5.74, 6) is 0.130. The van der Waals surface area contributed by atoms with Crippen LogP contribution in [0.1, 0.15) is 104 Å². The van der Waals surface area contributed by atoms with Crippen molar-refractivity contribution in [2.75, 3.05) is 13.2 Å². The number of ether oxygens (including phenoxy) is 1. The minimum atomic E-state index is -3.81. The predicted octanol–water partition coefficient (Wildman–Crippen LogP) is 6.87. The number of carbonyl (C=O) groups is 1. The molecule has 6 nitrogen and oxygen atoms in total. The van der Waals surface area contributed by atoms with Gasteiger partial charge in [-0.1, -0.05) is 66.9 Å². The molecule has 0 amide bonds. The molecular weight excluding hydrogens is 496 g/mol. The van der Waals surface area contributed by atoms with E-state index >= 15 is 0 Å². The van der Waals surface area contributed by atoms with Gasteiger partial charge in [0, 0.05) is 24.5 Å². The van der Waals surface area contributed by atoms with Crippen molar-refractivity contribution >= 4 is 16.0 Å². The molecule has 1 heterocycles. The summed E-state index contributed by atoms with van der Waals surface area (Å²) in [5.41, 5.74) is 5.11. The van der Waals surface area contributed by atoms with Crippen molar-refractivity contribution in [3.8, 4) is 11.3 Å². The van der Waals surface area contributed by atoms with Gasteiger partial charge in [0.2, 0.25) is 10.0 Å². The molecule has 0 unspecified atom stereocenters. The van der Waals surface area contributed by atoms with E-state index in [1.807, 2.05) is 13.0 Å². The largest absolute Gasteiger partial charge is 0.466 e. The van der Waals surface area contributed by atoms with Gasteiger partial charge in [-0.05, 0) is 78.3 Å². The lowest BCUT2D eigenvalue weighted by Crippen LogP contribution is -2.27. The standard InChI is InChI=1S/C31H48N2O4S/c1-9-37-29(34)15-16-32-38(35,36)28-20-27(33(22(28)2)21-23-13-11-10-12-14-23)24-17-25(30(3,4)5)19-26(18-24)31(6,7)8/h17-20,23,32H,9-16,21H2,1-8H3. The summed E-state index contributed by atoms with van der Waals surface area (Å²) in [4.78, 5) is 12.0. The van der Waals surface area contributed by atoms with Crippen molar-refractivity contribution in [1.82, 2.24) is 9.29 Å². The van der Waals surface area contributed by atoms with Gasteiger partial charge in [-0.25, -0.2) is 13.1 Å². The molecule has 2 aromatic rings. The van der Waals surface area contributed by atoms with Crippen LogP contribution in [0.15, 0.2) is 29.2 Å². The van der Waals surface area contributed by atoms with E-state index in [4.69, 9.17) is 4.74 Å². The van der Waals surface area contributed by atoms with Crippen molar-refractivity contribution in [3.05, 3.63) is 41.1 Å². The number of sulfonamides is 1. The van der Waals surface area contributed by atoms with Gasteiger partial charge in [-0.2, -0.15) is 0 Å². The fourth-order valence-corrected chi connectivity index (χ4v) is 6.53. The highest BCUT2D eigenvalue weighted by molar-refractivity contribution is 7.89. The number of rotatable bonds is 9. The monoisotopic (exact) mass is 544 g/mol. The van der Waals surface area contributed by atoms with Crippen LogP contribution in [-0.2, 0) is 36.9 Å². The lowest BCUT2D eigenvalue weighted by Gasteiger charge is -2.27. The van der Waals surface area contributed by atoms with Gasteiger partial charge in [0.05, 0.1) is 13.0 Å². The van der Waals surface area contributed by atoms with Gasteiger partial charge < -0.3 is 9.30 Å². The Morgan fingerprint density at radius 1 is 0.974 bits per heavy atom. The summed E-state index contributed by atoms with van der Waals surface area (Å²) in [6, 6.07) is 8.58. The van der Waals surface area contributed by atoms with Crippen LogP contribution in [0.25, 0.3) is 11.3 Å². The number of esters is 1. The molecule has 1 saturated carbocycles. The second kappa shape index (κ2) is 12.0. The molecule has 0 bridgehead atoms. The number of benzene rings is 1. The first kappa shape index (κ1) is 30.4. The zero-order valence-corrected chi connectivity index (χ0v) is 25.6. The normalized spacial score (nSPS) is 15.6. The first-order valence-electron chi connectivity index (χ1n) is 14.2. The van der Waals surface area contributed by atoms with Crippen LogP contribution in [0.2, 0.25) is 0 Å². The molecule has 38 heavy (non-hydrogen) atoms. The number of carbonyl (C=O) groups excluding carboxylic acids is 1. The van der Waals surface area contributed by atoms with Crippen molar-refractivity contribution in [2.45, 2.75) is 116 Å². The van der Waals surface area contributed by atoms with Crippen LogP contribution in [-0.4, -0.2) is 32.1 Å². The molecule has 0 saturated heterocycles. The Labute approximate surface area is 230 Å². The highest BCUT2D eigenvalue weighted by Crippen LogP contribution is 2.37. The van der Waals surface area contributed by atoms with Crippen molar-refractivity contribution in [2.24, 2.45) is 5.92 Å². The highest BCUT2D eigenvalue weighted by Gasteiger charge is 2.27. The maximum Gasteiger partial charge on any atom is 0.307 e. The molecule has 1 aliphatic rings. The maximum absolute atomic E-state index is 13.5. The quantitative estimate of drug-likeness (QED) is 0.350. The van der Waals surface area contributed by atoms with Gasteiger partial charge in [-0.15, -0.1) is 0 Å². The van der Waals surface area contributed by atoms with Gasteiger partial charge in [0.25, 0.3) is 0 Å². The molecule has 1 N–H and O–H groups in total. The molecule has 1 aliphatic carbocycles. The average Bonchev–Trinajstić information content (AvgIpc) is 3.15. The zero-order chi connectivity index (χ0) is 28.3. The average molecular weight is 545 g/mol. The maximum atomic E-state index is 13.5. The van der Waals surface area contributed by atoms with Crippen LogP contribution >= 0.6 is 0 Å². The van der Waals surface area contributed by atoms with E-state index in [1.165, 1.54) is 43.2 Å². The van der Waals surface area contributed by atoms with E-state index in [0.29, 0.717) is 5.92 Å². The first-order chi connectivity index (χ1) is 17.6. The molecule has 7 heteroatoms. The predicted molar refractivity (Wildman–Crippen MR) is 155 cm³/mol. The molecular formula is C31H48N2O4S. The second-order valence-corrected chi connectivity index (χ2v) is 14.6. The lowest BCUT2D eigenvalue weighted by atomic mass is 9.79. The molecule has 1 aromatic carbocycles. The van der Waals surface area contributed by atoms with Gasteiger partial charge >= 0.3 is 5.97 Å². The van der Waals surface area contributed by atoms with E-state index in [1.54, 1.807) is 6.92 Å². The van der Waals surface area contributed by atoms with Gasteiger partial charge in [0.15, 0.2) is 0 Å². The van der Waals surface area contributed by atoms with Crippen molar-refractivity contribution < 1.29 is 17.9 Å². The number of aromatic nitrogens is 1. The summed E-state index contributed by atoms with van der Waals surface area (Å²) >= 11 is 0. The smallest absolute Gasteiger partial charge is 0.307 e. The summed E-state index contributed by atoms with van der Waals surface area (Å²) in [6.07, 6.45) is 6.09. The molecule has 3 rings (SSSR count). The highest BCUT2D eigenvalue weighted by atomic mass is 32.2. The Morgan fingerprint density at radius 3 is 2.08 bits per heavy atom. The molecule has 1 fully saturated rings. The van der Waals surface area contributed by atoms with Crippen molar-refractivity contribution in [3.63, 3.8) is 0 Å². The van der Waals surface area contributed by atoms with E-state index < -0.39 is 16.0 Å². The third-order valence-electron chi connectivity index (χ3n) is 7.66. The molecule has 1 aromatic heterocycles. The molecule has 0 spiro atoms. The number of nitrogens with zero attached hydrogens (tertiary/aromatic N) is 1. The lowest BCUT2D eigenvalue weighted by molar-refractivity contribution is -0.142. The second-order valence-electron chi connectivity index (χ2n) is 12.8. The van der Waals surface area contributed by atoms with E-state index in [-0.39, 0.29) is 35.3 Å². The van der Waals surface area contributed by atoms with Crippen LogP contribution in [0.4, 0.5) is 0 Å². The molecule has 212 valence electrons. The Morgan fingerprint density at radius 2 is 1.55 bits per heavy atom. The minimum absolute atomic E-state index is 0.00429. The van der Waals surface area contributed by atoms with Gasteiger partial charge in [-0.3, -0.25) is 4.79 Å². The zero-order valence-electron chi connectivity index (χ0n) is 24.7. The Bertz CT molecular complexity index is 1190. The van der Waals surface area contributed by atoms with E-state index in [2.05, 4.69) is 69.0 Å². The van der Waals surface area contributed by atoms with Crippen molar-refractivity contribution in [1.29, 1.82) is 0 Å². The molecule has 0 radical (unpaired) electrons. The van der Waals surface area contributed by atoms with Gasteiger partial charge in [0.1, 0.15) is 4.90 Å². The fourth-order valence-electron chi connectivity index (χ4n) is 5.23. The fraction of sp³-hybridized carbons (Fsp3) is 0.645. The summed E-state index contributed by atoms with van der Waals surface area (Å²) in [7, 11) is -3.81. The summed E-state index contributed by atoms with van der Waals surface area (Å²) in [6.45, 7) is 18.0. The van der Waals surface area contributed by atoms with Crippen LogP contribution in [0.5, 0.6) is 0 Å². The van der Waals surface area contributed by atoms with Crippen LogP contribution in [0.3, 0.4) is 0 Å². The van der Waals surface area contributed by atoms with Crippen LogP contribution in [0, 0.1) is 12.8 Å². The Kier molecular flexibility index (Phi) is 9.57. The number of hydrogen-bond acceptors (Lipinski definition) is 4. The van der Waals surface area contributed by atoms with E-state index in [9.17, 15) is 13.2 Å². The summed E-state index contributed by atoms with van der Waals surface area (Å²) in [5, 5.41) is 0. The third kappa shape index (κ3) is 7.50. The van der Waals surface area contributed by atoms with Crippen LogP contribution < -0.4 is 4.72 Å². The molecule has 0 aliphatic heterocycles. The first-order valence-corrected chi connectivity index (χ1v) is 15.6. The topological polar surface area (TPSA) is 77.4 Å². The minimum Gasteiger partial charge on any atom is -0.466 e. The summed E-state index contributed by atoms with van der Waals surface area (Å²) < 4.78 is 36.7. The number of nitrogens with one attached hydrogen (secondary N) is 1. The number of hydrogen-bond donors (Lipinski definition) is 1. The Hall–Kier alpha value is -2.12. The SMILES string of the molecule is CCOC(=O)CCNS(=O)(=O)c1cc(-c2cc(C(C)(C)C)cc(C(C)(C)C)c2)n(CC2CCCCC2)c1C. The molecule has 0 atom stereocenters. The van der Waals surface area contributed by atoms with E-state index in [0.717, 1.165) is 23.5 Å². The Balaban J connectivity index is 2.11. The third-order valence-corrected chi connectivity index (χ3v) is 9.24.